The molecule has 9 rings (SSSR count). The molecule has 0 unspecified atom stereocenters. The number of esters is 2. The summed E-state index contributed by atoms with van der Waals surface area (Å²) in [5.41, 5.74) is -0.576. The molecule has 0 aromatic heterocycles. The van der Waals surface area contributed by atoms with Crippen LogP contribution in [0, 0.1) is 0 Å². The first-order valence-electron chi connectivity index (χ1n) is 26.7. The molecule has 0 radical (unpaired) electrons. The van der Waals surface area contributed by atoms with Gasteiger partial charge in [0.05, 0.1) is 24.4 Å². The Bertz CT molecular complexity index is 3260. The lowest BCUT2D eigenvalue weighted by Crippen LogP contribution is -2.61. The summed E-state index contributed by atoms with van der Waals surface area (Å²) >= 11 is 0. The Morgan fingerprint density at radius 2 is 1.00 bits per heavy atom. The number of carbonyl (C=O) groups is 1. The maximum Gasteiger partial charge on any atom is 0.510 e. The molecule has 87 heavy (non-hydrogen) atoms. The van der Waals surface area contributed by atoms with E-state index in [4.69, 9.17) is 51.8 Å². The zero-order valence-corrected chi connectivity index (χ0v) is 45.4. The topological polar surface area (TPSA) is 485 Å². The molecule has 6 aliphatic rings. The molecule has 1 aliphatic carbocycles. The number of hydrogen-bond donors (Lipinski definition) is 16. The van der Waals surface area contributed by atoms with Gasteiger partial charge in [0, 0.05) is 23.8 Å². The van der Waals surface area contributed by atoms with Crippen LogP contribution in [0.2, 0.25) is 0 Å². The van der Waals surface area contributed by atoms with Gasteiger partial charge in [0.1, 0.15) is 115 Å². The normalized spacial score (nSPS) is 32.9. The van der Waals surface area contributed by atoms with E-state index in [1.165, 1.54) is 67.6 Å². The number of hydrogen-bond acceptors (Lipinski definition) is 29. The number of aliphatic hydroxyl groups excluding tert-OH is 12. The summed E-state index contributed by atoms with van der Waals surface area (Å²) in [5, 5.41) is 171. The number of phenols is 4. The Morgan fingerprint density at radius 1 is 0.517 bits per heavy atom. The number of ether oxygens (including phenoxy) is 10. The molecule has 4 fully saturated rings. The molecular formula is C57H63O30+. The minimum absolute atomic E-state index is 0.00269. The second kappa shape index (κ2) is 27.2. The molecule has 470 valence electrons. The molecular weight excluding hydrogens is 1160 g/mol. The zero-order valence-electron chi connectivity index (χ0n) is 45.4. The number of aliphatic hydroxyl groups is 12. The van der Waals surface area contributed by atoms with Crippen LogP contribution in [0.1, 0.15) is 18.1 Å². The van der Waals surface area contributed by atoms with Crippen LogP contribution in [-0.2, 0) is 38.0 Å². The van der Waals surface area contributed by atoms with Gasteiger partial charge in [-0.25, -0.2) is 4.79 Å². The first-order valence-corrected chi connectivity index (χ1v) is 26.7. The van der Waals surface area contributed by atoms with Gasteiger partial charge in [-0.05, 0) is 72.7 Å². The smallest absolute Gasteiger partial charge is 0.508 e. The molecule has 30 nitrogen and oxygen atoms in total. The van der Waals surface area contributed by atoms with Crippen molar-refractivity contribution in [2.75, 3.05) is 19.8 Å². The van der Waals surface area contributed by atoms with Crippen LogP contribution in [0.4, 0.5) is 0 Å². The second-order valence-electron chi connectivity index (χ2n) is 20.7. The average Bonchev–Trinajstić information content (AvgIpc) is 1.05. The van der Waals surface area contributed by atoms with E-state index in [9.17, 15) is 96.1 Å². The van der Waals surface area contributed by atoms with Crippen LogP contribution >= 0.6 is 0 Å². The van der Waals surface area contributed by atoms with Gasteiger partial charge < -0.3 is 138 Å². The number of fused-ring (bicyclic) bond motifs is 1. The van der Waals surface area contributed by atoms with Crippen LogP contribution in [0.3, 0.4) is 0 Å². The number of phenolic OH excluding ortho intramolecular Hbond substituents is 4. The summed E-state index contributed by atoms with van der Waals surface area (Å²) in [4.78, 5) is 37.1. The van der Waals surface area contributed by atoms with Gasteiger partial charge in [0.15, 0.2) is 40.8 Å². The van der Waals surface area contributed by atoms with Crippen molar-refractivity contribution < 1.29 is 143 Å². The molecule has 0 spiro atoms. The number of aromatic hydroxyl groups is 4. The van der Waals surface area contributed by atoms with E-state index < -0.39 is 200 Å². The first-order chi connectivity index (χ1) is 41.3. The Balaban J connectivity index is 1.01. The van der Waals surface area contributed by atoms with E-state index in [1.54, 1.807) is 0 Å². The molecule has 3 aromatic rings. The highest BCUT2D eigenvalue weighted by atomic mass is 16.7. The van der Waals surface area contributed by atoms with E-state index in [1.807, 2.05) is 0 Å². The minimum Gasteiger partial charge on any atom is -0.508 e. The summed E-state index contributed by atoms with van der Waals surface area (Å²) in [5.74, 6) is -6.37. The average molecular weight is 1230 g/mol. The predicted octanol–water partition coefficient (Wildman–Crippen LogP) is -2.87. The van der Waals surface area contributed by atoms with Gasteiger partial charge >= 0.3 is 11.9 Å². The van der Waals surface area contributed by atoms with E-state index in [0.717, 1.165) is 42.5 Å². The highest BCUT2D eigenvalue weighted by molar-refractivity contribution is 5.88. The Morgan fingerprint density at radius 3 is 1.56 bits per heavy atom. The maximum atomic E-state index is 14.1. The summed E-state index contributed by atoms with van der Waals surface area (Å²) in [6, 6.07) is 16.4. The lowest BCUT2D eigenvalue weighted by molar-refractivity contribution is -0.318. The highest BCUT2D eigenvalue weighted by Gasteiger charge is 2.50. The van der Waals surface area contributed by atoms with Gasteiger partial charge in [0.25, 0.3) is 0 Å². The van der Waals surface area contributed by atoms with Crippen molar-refractivity contribution in [3.8, 4) is 62.9 Å². The molecule has 17 N–H and O–H groups in total. The predicted molar refractivity (Wildman–Crippen MR) is 289 cm³/mol. The van der Waals surface area contributed by atoms with Crippen molar-refractivity contribution >= 4 is 24.1 Å². The fourth-order valence-electron chi connectivity index (χ4n) is 9.44. The van der Waals surface area contributed by atoms with Gasteiger partial charge in [0.2, 0.25) is 31.2 Å². The molecule has 5 aliphatic heterocycles. The SMILES string of the molecule is C[C@@H]1O[C@@H](OC[C@@H]2O[C@@H](Oc3cc4c(=O)cc(O[C@@H]5O[C@@H](COC(=[OH+])C=Cc6ccc(O)cc6)[C@@H](O)[C@H](O)[C@H]5O)cc-4oc3-c3cc(O)c(O)c(O[C@@H]4O[C@H](COC(=O)C=Cc5ccc(O)cc5)[C@@H](O)[C@H](O)[C@@H]4O)c3)[C@H](O)[C@@H](O)[C@@H]2O)[C@@H](O)[C@H](O)[C@H]1O. The molecule has 0 amide bonds. The van der Waals surface area contributed by atoms with Crippen LogP contribution in [-0.4, -0.2) is 241 Å². The highest BCUT2D eigenvalue weighted by Crippen LogP contribution is 2.46. The van der Waals surface area contributed by atoms with Crippen molar-refractivity contribution in [1.82, 2.24) is 0 Å². The third kappa shape index (κ3) is 14.6. The van der Waals surface area contributed by atoms with E-state index in [0.29, 0.717) is 11.1 Å². The van der Waals surface area contributed by atoms with E-state index >= 15 is 0 Å². The van der Waals surface area contributed by atoms with E-state index in [-0.39, 0.29) is 22.6 Å². The third-order valence-corrected chi connectivity index (χ3v) is 14.5. The quantitative estimate of drug-likeness (QED) is 0.0181. The molecule has 4 saturated heterocycles. The monoisotopic (exact) mass is 1230 g/mol. The number of rotatable bonds is 18. The number of carbonyl (C=O) groups excluding carboxylic acids is 2. The Labute approximate surface area is 490 Å². The largest absolute Gasteiger partial charge is 0.510 e. The van der Waals surface area contributed by atoms with Gasteiger partial charge in [-0.3, -0.25) is 4.79 Å². The summed E-state index contributed by atoms with van der Waals surface area (Å²) < 4.78 is 62.7. The molecule has 0 bridgehead atoms. The maximum absolute atomic E-state index is 14.1. The minimum atomic E-state index is -2.13. The zero-order chi connectivity index (χ0) is 62.7. The van der Waals surface area contributed by atoms with Crippen LogP contribution in [0.25, 0.3) is 34.8 Å². The number of benzene rings is 4. The van der Waals surface area contributed by atoms with Crippen molar-refractivity contribution in [1.29, 1.82) is 0 Å². The molecule has 0 saturated carbocycles. The van der Waals surface area contributed by atoms with Gasteiger partial charge in [-0.2, -0.15) is 0 Å². The molecule has 3 aromatic carbocycles. The fraction of sp³-hybridized carbons (Fsp3) is 0.421. The summed E-state index contributed by atoms with van der Waals surface area (Å²) in [7, 11) is 0. The molecule has 5 heterocycles. The Hall–Kier alpha value is -7.57. The first kappa shape index (κ1) is 63.9. The molecule has 30 heteroatoms. The van der Waals surface area contributed by atoms with Crippen molar-refractivity contribution in [3.63, 3.8) is 0 Å². The lowest BCUT2D eigenvalue weighted by atomic mass is 9.98. The van der Waals surface area contributed by atoms with Gasteiger partial charge in [-0.1, -0.05) is 24.3 Å². The van der Waals surface area contributed by atoms with E-state index in [2.05, 4.69) is 0 Å². The standard InChI is InChI=1S/C57H62O30/c1-22-40(64)45(69)49(73)54(80-22)79-21-37-44(68)48(72)52(76)57(87-37)84-34-18-29-30(60)16-28(81-55-50(74)46(70)42(66)35(85-55)19-77-38(62)12-6-23-2-8-26(58)9-3-23)17-32(29)82-53(34)25-14-31(61)41(65)33(15-25)83-56-51(75)47(71)43(67)36(86-56)20-78-39(63)13-7-24-4-10-27(59)11-5-24/h2-18,22,35-37,40,42-52,54-59,61,64-76H,19-21H2,1H3/p+1/t22-,35-,36+,37-,40-,42+,43+,44+,45+,46-,47-,48-,49-,50+,51-,52+,54+,55+,56+,57+/m0/s1. The van der Waals surface area contributed by atoms with Crippen LogP contribution in [0.5, 0.6) is 40.2 Å². The van der Waals surface area contributed by atoms with Gasteiger partial charge in [-0.15, -0.1) is 0 Å². The second-order valence-corrected chi connectivity index (χ2v) is 20.7. The third-order valence-electron chi connectivity index (χ3n) is 14.5. The van der Waals surface area contributed by atoms with Crippen molar-refractivity contribution in [2.24, 2.45) is 0 Å². The fourth-order valence-corrected chi connectivity index (χ4v) is 9.44. The van der Waals surface area contributed by atoms with Crippen LogP contribution < -0.4 is 19.6 Å². The van der Waals surface area contributed by atoms with Crippen molar-refractivity contribution in [2.45, 2.75) is 130 Å². The van der Waals surface area contributed by atoms with Crippen LogP contribution in [0.15, 0.2) is 100 Å². The Kier molecular flexibility index (Phi) is 20.0. The summed E-state index contributed by atoms with van der Waals surface area (Å²) in [6.45, 7) is -0.728. The van der Waals surface area contributed by atoms with Crippen molar-refractivity contribution in [3.05, 3.63) is 112 Å². The summed E-state index contributed by atoms with van der Waals surface area (Å²) in [6.07, 6.45) is -31.4. The lowest BCUT2D eigenvalue weighted by Gasteiger charge is -2.42. The molecule has 20 atom stereocenters.